The lowest BCUT2D eigenvalue weighted by atomic mass is 9.86. The van der Waals surface area contributed by atoms with E-state index in [-0.39, 0.29) is 17.9 Å². The Labute approximate surface area is 189 Å². The highest BCUT2D eigenvalue weighted by Crippen LogP contribution is 2.41. The minimum Gasteiger partial charge on any atom is -0.479 e. The van der Waals surface area contributed by atoms with Crippen LogP contribution in [0.3, 0.4) is 0 Å². The van der Waals surface area contributed by atoms with Crippen molar-refractivity contribution >= 4 is 50.0 Å². The Balaban J connectivity index is 1.50. The minimum absolute atomic E-state index is 0.0140. The molecule has 0 saturated heterocycles. The molecule has 4 heterocycles. The lowest BCUT2D eigenvalue weighted by molar-refractivity contribution is -0.136. The van der Waals surface area contributed by atoms with E-state index in [1.807, 2.05) is 31.9 Å². The van der Waals surface area contributed by atoms with Gasteiger partial charge in [-0.25, -0.2) is 9.97 Å². The number of ether oxygens (including phenoxy) is 1. The Morgan fingerprint density at radius 1 is 1.38 bits per heavy atom. The summed E-state index contributed by atoms with van der Waals surface area (Å²) in [6.45, 7) is 4.09. The van der Waals surface area contributed by atoms with Crippen LogP contribution in [-0.4, -0.2) is 56.2 Å². The Morgan fingerprint density at radius 3 is 3.00 bits per heavy atom. The van der Waals surface area contributed by atoms with E-state index in [1.165, 1.54) is 10.4 Å². The maximum absolute atomic E-state index is 12.9. The molecule has 4 aromatic heterocycles. The van der Waals surface area contributed by atoms with Gasteiger partial charge in [0.05, 0.1) is 18.7 Å². The second kappa shape index (κ2) is 8.01. The summed E-state index contributed by atoms with van der Waals surface area (Å²) in [6.07, 6.45) is 5.70. The Hall–Kier alpha value is -3.27. The van der Waals surface area contributed by atoms with Crippen molar-refractivity contribution in [1.82, 2.24) is 30.0 Å². The molecule has 1 aliphatic carbocycles. The molecule has 2 N–H and O–H groups in total. The number of pyridine rings is 1. The lowest BCUT2D eigenvalue weighted by Crippen LogP contribution is -2.39. The van der Waals surface area contributed by atoms with Gasteiger partial charge in [-0.3, -0.25) is 9.89 Å². The Bertz CT molecular complexity index is 1310. The normalized spacial score (nSPS) is 15.8. The van der Waals surface area contributed by atoms with E-state index in [2.05, 4.69) is 30.5 Å². The first kappa shape index (κ1) is 20.6. The third-order valence-corrected chi connectivity index (χ3v) is 7.32. The van der Waals surface area contributed by atoms with E-state index < -0.39 is 0 Å². The number of aromatic amines is 1. The van der Waals surface area contributed by atoms with Crippen molar-refractivity contribution in [3.63, 3.8) is 0 Å². The largest absolute Gasteiger partial charge is 0.479 e. The van der Waals surface area contributed by atoms with E-state index in [1.54, 1.807) is 31.0 Å². The fourth-order valence-corrected chi connectivity index (χ4v) is 5.46. The number of hydrogen-bond acceptors (Lipinski definition) is 8. The lowest BCUT2D eigenvalue weighted by Gasteiger charge is -2.29. The first-order valence-electron chi connectivity index (χ1n) is 10.6. The second-order valence-corrected chi connectivity index (χ2v) is 9.45. The summed E-state index contributed by atoms with van der Waals surface area (Å²) in [5, 5.41) is 12.2. The highest BCUT2D eigenvalue weighted by molar-refractivity contribution is 7.19. The molecule has 0 radical (unpaired) electrons. The third kappa shape index (κ3) is 3.44. The third-order valence-electron chi connectivity index (χ3n) is 6.15. The van der Waals surface area contributed by atoms with E-state index in [9.17, 15) is 4.79 Å². The summed E-state index contributed by atoms with van der Waals surface area (Å²) in [4.78, 5) is 30.4. The van der Waals surface area contributed by atoms with Crippen molar-refractivity contribution in [2.75, 3.05) is 19.5 Å². The van der Waals surface area contributed by atoms with Crippen LogP contribution >= 0.6 is 11.3 Å². The van der Waals surface area contributed by atoms with Gasteiger partial charge in [0.1, 0.15) is 22.7 Å². The van der Waals surface area contributed by atoms with Crippen LogP contribution in [0.5, 0.6) is 5.88 Å². The zero-order valence-corrected chi connectivity index (χ0v) is 19.3. The molecular formula is C22H25N7O2S. The van der Waals surface area contributed by atoms with Gasteiger partial charge in [0.15, 0.2) is 5.65 Å². The van der Waals surface area contributed by atoms with Crippen LogP contribution in [0.15, 0.2) is 18.6 Å². The maximum Gasteiger partial charge on any atom is 0.239 e. The van der Waals surface area contributed by atoms with Gasteiger partial charge in [0.25, 0.3) is 0 Å². The van der Waals surface area contributed by atoms with Gasteiger partial charge in [0.2, 0.25) is 11.8 Å². The van der Waals surface area contributed by atoms with Crippen molar-refractivity contribution in [3.05, 3.63) is 29.0 Å². The van der Waals surface area contributed by atoms with E-state index in [0.717, 1.165) is 40.7 Å². The zero-order chi connectivity index (χ0) is 22.4. The number of aromatic nitrogens is 5. The van der Waals surface area contributed by atoms with Crippen LogP contribution < -0.4 is 10.1 Å². The van der Waals surface area contributed by atoms with E-state index in [4.69, 9.17) is 4.74 Å². The van der Waals surface area contributed by atoms with E-state index in [0.29, 0.717) is 17.2 Å². The number of methoxy groups -OCH3 is 1. The quantitative estimate of drug-likeness (QED) is 0.476. The number of amides is 1. The molecule has 0 saturated carbocycles. The average Bonchev–Trinajstić information content (AvgIpc) is 3.40. The van der Waals surface area contributed by atoms with Gasteiger partial charge in [0, 0.05) is 29.3 Å². The molecular weight excluding hydrogens is 426 g/mol. The number of thiophene rings is 1. The van der Waals surface area contributed by atoms with Gasteiger partial charge in [-0.2, -0.15) is 10.1 Å². The molecule has 1 amide bonds. The molecule has 0 fully saturated rings. The van der Waals surface area contributed by atoms with Gasteiger partial charge < -0.3 is 15.0 Å². The molecule has 10 heteroatoms. The molecule has 4 aromatic rings. The highest BCUT2D eigenvalue weighted by Gasteiger charge is 2.31. The summed E-state index contributed by atoms with van der Waals surface area (Å²) in [5.74, 6) is 1.41. The number of aryl methyl sites for hydroxylation is 1. The van der Waals surface area contributed by atoms with Gasteiger partial charge >= 0.3 is 0 Å². The van der Waals surface area contributed by atoms with Crippen LogP contribution in [0.25, 0.3) is 21.3 Å². The molecule has 0 spiro atoms. The highest BCUT2D eigenvalue weighted by atomic mass is 32.1. The number of hydrogen-bond donors (Lipinski definition) is 2. The predicted molar refractivity (Wildman–Crippen MR) is 125 cm³/mol. The summed E-state index contributed by atoms with van der Waals surface area (Å²) < 4.78 is 5.48. The van der Waals surface area contributed by atoms with Crippen LogP contribution in [0.1, 0.15) is 30.7 Å². The molecule has 1 aliphatic rings. The Morgan fingerprint density at radius 2 is 2.22 bits per heavy atom. The molecule has 0 aromatic carbocycles. The number of nitrogens with one attached hydrogen (secondary N) is 2. The number of carbonyl (C=O) groups excluding carboxylic acids is 1. The zero-order valence-electron chi connectivity index (χ0n) is 18.5. The van der Waals surface area contributed by atoms with Crippen molar-refractivity contribution in [1.29, 1.82) is 0 Å². The van der Waals surface area contributed by atoms with Gasteiger partial charge in [-0.15, -0.1) is 11.3 Å². The number of nitrogens with zero attached hydrogens (tertiary/aromatic N) is 5. The number of H-pyrrole nitrogens is 1. The predicted octanol–water partition coefficient (Wildman–Crippen LogP) is 3.69. The Kier molecular flexibility index (Phi) is 5.16. The fraction of sp³-hybridized carbons (Fsp3) is 0.409. The van der Waals surface area contributed by atoms with Crippen LogP contribution in [0, 0.1) is 5.92 Å². The molecule has 166 valence electrons. The number of fused-ring (bicyclic) bond motifs is 4. The summed E-state index contributed by atoms with van der Waals surface area (Å²) in [5.41, 5.74) is 2.61. The molecule has 5 rings (SSSR count). The smallest absolute Gasteiger partial charge is 0.239 e. The minimum atomic E-state index is 0.0140. The van der Waals surface area contributed by atoms with Crippen molar-refractivity contribution in [3.8, 4) is 5.88 Å². The number of anilines is 2. The molecule has 0 bridgehead atoms. The van der Waals surface area contributed by atoms with E-state index >= 15 is 0 Å². The average molecular weight is 452 g/mol. The van der Waals surface area contributed by atoms with Crippen molar-refractivity contribution in [2.24, 2.45) is 5.92 Å². The summed E-state index contributed by atoms with van der Waals surface area (Å²) in [7, 11) is 3.47. The molecule has 32 heavy (non-hydrogen) atoms. The standard InChI is InChI=1S/C22H25N7O2S/c1-11(2)29(3)22(30)12-5-6-14-16(8-12)32-21-17(14)19(23-10-24-21)26-15-7-13-9-25-28-18(13)27-20(15)31-4/h7,9-12H,5-6,8H2,1-4H3,(H,23,24,26)(H,25,27,28). The number of rotatable bonds is 5. The molecule has 9 nitrogen and oxygen atoms in total. The van der Waals surface area contributed by atoms with Crippen LogP contribution in [0.2, 0.25) is 0 Å². The summed E-state index contributed by atoms with van der Waals surface area (Å²) >= 11 is 1.66. The van der Waals surface area contributed by atoms with Gasteiger partial charge in [-0.1, -0.05) is 0 Å². The monoisotopic (exact) mass is 451 g/mol. The SMILES string of the molecule is COc1nc2[nH]ncc2cc1Nc1ncnc2sc3c(c12)CCC(C(=O)N(C)C(C)C)C3. The maximum atomic E-state index is 12.9. The second-order valence-electron chi connectivity index (χ2n) is 8.37. The first-order valence-corrected chi connectivity index (χ1v) is 11.4. The first-order chi connectivity index (χ1) is 15.5. The topological polar surface area (TPSA) is 109 Å². The van der Waals surface area contributed by atoms with Crippen molar-refractivity contribution < 1.29 is 9.53 Å². The molecule has 0 aliphatic heterocycles. The fourth-order valence-electron chi connectivity index (χ4n) is 4.19. The number of carbonyl (C=O) groups is 1. The van der Waals surface area contributed by atoms with Crippen LogP contribution in [0.4, 0.5) is 11.5 Å². The molecule has 1 unspecified atom stereocenters. The van der Waals surface area contributed by atoms with Gasteiger partial charge in [-0.05, 0) is 44.7 Å². The summed E-state index contributed by atoms with van der Waals surface area (Å²) in [6, 6.07) is 2.14. The van der Waals surface area contributed by atoms with Crippen molar-refractivity contribution in [2.45, 2.75) is 39.2 Å². The van der Waals surface area contributed by atoms with Crippen LogP contribution in [-0.2, 0) is 17.6 Å². The molecule has 1 atom stereocenters.